The minimum absolute atomic E-state index is 0.0780. The van der Waals surface area contributed by atoms with Crippen LogP contribution in [0.3, 0.4) is 0 Å². The van der Waals surface area contributed by atoms with Crippen LogP contribution in [-0.2, 0) is 0 Å². The highest BCUT2D eigenvalue weighted by Crippen LogP contribution is 2.29. The number of hydrogen-bond donors (Lipinski definition) is 2. The molecule has 0 unspecified atom stereocenters. The normalized spacial score (nSPS) is 11.5. The first-order valence-corrected chi connectivity index (χ1v) is 9.44. The Labute approximate surface area is 173 Å². The third-order valence-electron chi connectivity index (χ3n) is 4.00. The summed E-state index contributed by atoms with van der Waals surface area (Å²) in [7, 11) is 0. The first-order valence-electron chi connectivity index (χ1n) is 9.44. The molecule has 0 spiro atoms. The average molecular weight is 416 g/mol. The summed E-state index contributed by atoms with van der Waals surface area (Å²) in [6, 6.07) is 13.5. The van der Waals surface area contributed by atoms with E-state index in [1.165, 1.54) is 18.2 Å². The van der Waals surface area contributed by atoms with Crippen LogP contribution in [0.25, 0.3) is 11.3 Å². The molecule has 0 amide bonds. The number of alkyl halides is 3. The minimum atomic E-state index is -4.76. The van der Waals surface area contributed by atoms with Gasteiger partial charge in [-0.05, 0) is 63.1 Å². The molecule has 2 N–H and O–H groups in total. The average Bonchev–Trinajstić information content (AvgIpc) is 2.58. The lowest BCUT2D eigenvalue weighted by Gasteiger charge is -2.14. The van der Waals surface area contributed by atoms with Crippen LogP contribution >= 0.6 is 0 Å². The highest BCUT2D eigenvalue weighted by molar-refractivity contribution is 5.68. The number of aromatic nitrogens is 2. The Bertz CT molecular complexity index is 1010. The molecular weight excluding hydrogens is 393 g/mol. The Morgan fingerprint density at radius 1 is 0.933 bits per heavy atom. The van der Waals surface area contributed by atoms with E-state index in [0.717, 1.165) is 16.8 Å². The van der Waals surface area contributed by atoms with Gasteiger partial charge in [0.15, 0.2) is 0 Å². The van der Waals surface area contributed by atoms with Crippen LogP contribution in [0.2, 0.25) is 0 Å². The molecule has 2 aromatic carbocycles. The molecule has 0 bridgehead atoms. The van der Waals surface area contributed by atoms with Gasteiger partial charge in [-0.25, -0.2) is 4.98 Å². The van der Waals surface area contributed by atoms with Crippen molar-refractivity contribution in [3.63, 3.8) is 0 Å². The van der Waals surface area contributed by atoms with Crippen LogP contribution in [0, 0.1) is 13.8 Å². The molecule has 0 fully saturated rings. The highest BCUT2D eigenvalue weighted by atomic mass is 19.4. The Morgan fingerprint density at radius 3 is 2.27 bits per heavy atom. The number of halogens is 3. The predicted molar refractivity (Wildman–Crippen MR) is 112 cm³/mol. The molecule has 0 aliphatic rings. The number of hydrogen-bond acceptors (Lipinski definition) is 5. The maximum absolute atomic E-state index is 12.6. The van der Waals surface area contributed by atoms with Crippen molar-refractivity contribution in [1.29, 1.82) is 0 Å². The quantitative estimate of drug-likeness (QED) is 0.499. The Balaban J connectivity index is 2.00. The van der Waals surface area contributed by atoms with Gasteiger partial charge < -0.3 is 15.4 Å². The van der Waals surface area contributed by atoms with Crippen LogP contribution < -0.4 is 15.4 Å². The van der Waals surface area contributed by atoms with E-state index in [0.29, 0.717) is 23.0 Å². The van der Waals surface area contributed by atoms with Crippen molar-refractivity contribution in [3.8, 4) is 17.0 Å². The molecule has 3 rings (SSSR count). The second-order valence-corrected chi connectivity index (χ2v) is 7.34. The van der Waals surface area contributed by atoms with Gasteiger partial charge in [0.25, 0.3) is 0 Å². The number of nitrogens with one attached hydrogen (secondary N) is 2. The molecule has 0 saturated heterocycles. The lowest BCUT2D eigenvalue weighted by Crippen LogP contribution is -2.17. The van der Waals surface area contributed by atoms with Crippen LogP contribution in [0.1, 0.15) is 25.0 Å². The van der Waals surface area contributed by atoms with E-state index >= 15 is 0 Å². The molecule has 1 heterocycles. The molecule has 0 atom stereocenters. The molecule has 158 valence electrons. The largest absolute Gasteiger partial charge is 0.573 e. The Kier molecular flexibility index (Phi) is 6.14. The van der Waals surface area contributed by atoms with Crippen molar-refractivity contribution in [1.82, 2.24) is 9.97 Å². The molecule has 5 nitrogen and oxygen atoms in total. The second kappa shape index (κ2) is 8.61. The van der Waals surface area contributed by atoms with Crippen LogP contribution in [-0.4, -0.2) is 22.4 Å². The van der Waals surface area contributed by atoms with Gasteiger partial charge in [-0.1, -0.05) is 18.2 Å². The number of ether oxygens (including phenoxy) is 1. The van der Waals surface area contributed by atoms with Crippen molar-refractivity contribution < 1.29 is 17.9 Å². The van der Waals surface area contributed by atoms with Crippen molar-refractivity contribution in [2.24, 2.45) is 0 Å². The van der Waals surface area contributed by atoms with E-state index in [1.54, 1.807) is 12.1 Å². The van der Waals surface area contributed by atoms with Crippen molar-refractivity contribution in [2.75, 3.05) is 10.6 Å². The van der Waals surface area contributed by atoms with Gasteiger partial charge in [0.2, 0.25) is 5.95 Å². The lowest BCUT2D eigenvalue weighted by molar-refractivity contribution is -0.274. The first kappa shape index (κ1) is 21.4. The van der Waals surface area contributed by atoms with Gasteiger partial charge in [0, 0.05) is 23.4 Å². The topological polar surface area (TPSA) is 59.1 Å². The predicted octanol–water partition coefficient (Wildman–Crippen LogP) is 6.22. The summed E-state index contributed by atoms with van der Waals surface area (Å²) < 4.78 is 41.8. The highest BCUT2D eigenvalue weighted by Gasteiger charge is 2.31. The molecule has 30 heavy (non-hydrogen) atoms. The monoisotopic (exact) mass is 416 g/mol. The zero-order chi connectivity index (χ0) is 21.9. The molecule has 0 saturated carbocycles. The third kappa shape index (κ3) is 6.10. The number of nitrogens with zero attached hydrogens (tertiary/aromatic N) is 2. The fraction of sp³-hybridized carbons (Fsp3) is 0.273. The summed E-state index contributed by atoms with van der Waals surface area (Å²) in [6.07, 6.45) is -4.76. The number of rotatable bonds is 6. The van der Waals surface area contributed by atoms with E-state index in [1.807, 2.05) is 39.8 Å². The van der Waals surface area contributed by atoms with E-state index in [2.05, 4.69) is 31.4 Å². The number of anilines is 3. The zero-order valence-corrected chi connectivity index (χ0v) is 17.1. The van der Waals surface area contributed by atoms with E-state index in [-0.39, 0.29) is 11.8 Å². The summed E-state index contributed by atoms with van der Waals surface area (Å²) >= 11 is 0. The third-order valence-corrected chi connectivity index (χ3v) is 4.00. The van der Waals surface area contributed by atoms with E-state index < -0.39 is 6.36 Å². The molecule has 0 aliphatic heterocycles. The summed E-state index contributed by atoms with van der Waals surface area (Å²) in [5, 5.41) is 6.40. The van der Waals surface area contributed by atoms with Gasteiger partial charge in [0.1, 0.15) is 11.6 Å². The van der Waals surface area contributed by atoms with Crippen LogP contribution in [0.4, 0.5) is 30.6 Å². The van der Waals surface area contributed by atoms with Gasteiger partial charge in [-0.3, -0.25) is 0 Å². The molecule has 0 radical (unpaired) electrons. The van der Waals surface area contributed by atoms with E-state index in [4.69, 9.17) is 0 Å². The number of aryl methyl sites for hydroxylation is 2. The zero-order valence-electron chi connectivity index (χ0n) is 17.1. The second-order valence-electron chi connectivity index (χ2n) is 7.34. The number of benzene rings is 2. The van der Waals surface area contributed by atoms with Crippen LogP contribution in [0.15, 0.2) is 48.5 Å². The molecule has 3 aromatic rings. The fourth-order valence-electron chi connectivity index (χ4n) is 3.03. The molecule has 0 aliphatic carbocycles. The summed E-state index contributed by atoms with van der Waals surface area (Å²) in [6.45, 7) is 7.90. The van der Waals surface area contributed by atoms with Crippen molar-refractivity contribution in [3.05, 3.63) is 59.7 Å². The standard InChI is InChI=1S/C22H23F3N4O/c1-13(2)26-21-28-19(16-6-5-7-18(11-16)30-22(23,24)25)12-20(29-21)27-17-9-14(3)8-15(4)10-17/h5-13H,1-4H3,(H2,26,27,28,29). The summed E-state index contributed by atoms with van der Waals surface area (Å²) in [5.41, 5.74) is 4.01. The first-order chi connectivity index (χ1) is 14.1. The Hall–Kier alpha value is -3.29. The lowest BCUT2D eigenvalue weighted by atomic mass is 10.1. The van der Waals surface area contributed by atoms with Gasteiger partial charge in [0.05, 0.1) is 5.69 Å². The maximum Gasteiger partial charge on any atom is 0.573 e. The SMILES string of the molecule is Cc1cc(C)cc(Nc2cc(-c3cccc(OC(F)(F)F)c3)nc(NC(C)C)n2)c1. The van der Waals surface area contributed by atoms with Crippen molar-refractivity contribution in [2.45, 2.75) is 40.1 Å². The van der Waals surface area contributed by atoms with E-state index in [9.17, 15) is 13.2 Å². The fourth-order valence-corrected chi connectivity index (χ4v) is 3.03. The van der Waals surface area contributed by atoms with Gasteiger partial charge in [-0.2, -0.15) is 4.98 Å². The molecule has 8 heteroatoms. The van der Waals surface area contributed by atoms with Gasteiger partial charge >= 0.3 is 6.36 Å². The van der Waals surface area contributed by atoms with Gasteiger partial charge in [-0.15, -0.1) is 13.2 Å². The maximum atomic E-state index is 12.6. The Morgan fingerprint density at radius 2 is 1.63 bits per heavy atom. The smallest absolute Gasteiger partial charge is 0.406 e. The summed E-state index contributed by atoms with van der Waals surface area (Å²) in [5.74, 6) is 0.590. The minimum Gasteiger partial charge on any atom is -0.406 e. The molecule has 1 aromatic heterocycles. The summed E-state index contributed by atoms with van der Waals surface area (Å²) in [4.78, 5) is 8.95. The van der Waals surface area contributed by atoms with Crippen LogP contribution in [0.5, 0.6) is 5.75 Å². The van der Waals surface area contributed by atoms with Crippen molar-refractivity contribution >= 4 is 17.5 Å². The molecular formula is C22H23F3N4O.